The fourth-order valence-electron chi connectivity index (χ4n) is 2.50. The minimum atomic E-state index is -3.53. The van der Waals surface area contributed by atoms with E-state index in [2.05, 4.69) is 5.32 Å². The first-order chi connectivity index (χ1) is 12.4. The molecule has 0 aromatic heterocycles. The van der Waals surface area contributed by atoms with E-state index in [0.717, 1.165) is 5.75 Å². The minimum absolute atomic E-state index is 0.179. The highest BCUT2D eigenvalue weighted by Crippen LogP contribution is 2.19. The molecule has 0 radical (unpaired) electrons. The highest BCUT2D eigenvalue weighted by Gasteiger charge is 2.21. The molecule has 6 nitrogen and oxygen atoms in total. The summed E-state index contributed by atoms with van der Waals surface area (Å²) in [5.41, 5.74) is 1.02. The third-order valence-corrected chi connectivity index (χ3v) is 5.95. The summed E-state index contributed by atoms with van der Waals surface area (Å²) in [4.78, 5) is 12.5. The number of carbonyl (C=O) groups is 1. The molecule has 0 fully saturated rings. The SMILES string of the molecule is CCOc1ccc(NC(=O)c2ccc(S(=O)(=O)N(CC)CC)cc2)cc1. The van der Waals surface area contributed by atoms with Crippen molar-refractivity contribution in [1.82, 2.24) is 4.31 Å². The van der Waals surface area contributed by atoms with Crippen LogP contribution in [0.3, 0.4) is 0 Å². The van der Waals surface area contributed by atoms with Gasteiger partial charge in [0.25, 0.3) is 5.91 Å². The molecule has 0 atom stereocenters. The number of benzene rings is 2. The third kappa shape index (κ3) is 4.62. The van der Waals surface area contributed by atoms with Crippen molar-refractivity contribution in [3.63, 3.8) is 0 Å². The maximum Gasteiger partial charge on any atom is 0.255 e. The molecule has 2 aromatic carbocycles. The van der Waals surface area contributed by atoms with Gasteiger partial charge in [-0.05, 0) is 55.5 Å². The summed E-state index contributed by atoms with van der Waals surface area (Å²) >= 11 is 0. The Morgan fingerprint density at radius 1 is 0.962 bits per heavy atom. The summed E-state index contributed by atoms with van der Waals surface area (Å²) in [5, 5.41) is 2.78. The summed E-state index contributed by atoms with van der Waals surface area (Å²) in [6.07, 6.45) is 0. The van der Waals surface area contributed by atoms with E-state index in [4.69, 9.17) is 4.74 Å². The molecule has 26 heavy (non-hydrogen) atoms. The standard InChI is InChI=1S/C19H24N2O4S/c1-4-21(5-2)26(23,24)18-13-7-15(8-14-18)19(22)20-16-9-11-17(12-10-16)25-6-3/h7-14H,4-6H2,1-3H3,(H,20,22). The van der Waals surface area contributed by atoms with Gasteiger partial charge in [0, 0.05) is 24.3 Å². The van der Waals surface area contributed by atoms with Gasteiger partial charge in [-0.2, -0.15) is 4.31 Å². The third-order valence-electron chi connectivity index (χ3n) is 3.88. The van der Waals surface area contributed by atoms with Crippen LogP contribution in [0, 0.1) is 0 Å². The smallest absolute Gasteiger partial charge is 0.255 e. The molecule has 1 N–H and O–H groups in total. The van der Waals surface area contributed by atoms with Crippen LogP contribution in [-0.4, -0.2) is 38.3 Å². The van der Waals surface area contributed by atoms with E-state index in [0.29, 0.717) is 30.9 Å². The Hall–Kier alpha value is -2.38. The van der Waals surface area contributed by atoms with Crippen LogP contribution in [0.4, 0.5) is 5.69 Å². The van der Waals surface area contributed by atoms with Crippen molar-refractivity contribution >= 4 is 21.6 Å². The topological polar surface area (TPSA) is 75.7 Å². The van der Waals surface area contributed by atoms with Crippen LogP contribution in [0.25, 0.3) is 0 Å². The Kier molecular flexibility index (Phi) is 6.76. The Morgan fingerprint density at radius 3 is 2.04 bits per heavy atom. The van der Waals surface area contributed by atoms with Gasteiger partial charge in [-0.15, -0.1) is 0 Å². The molecule has 2 rings (SSSR count). The van der Waals surface area contributed by atoms with Crippen LogP contribution in [0.1, 0.15) is 31.1 Å². The van der Waals surface area contributed by atoms with Crippen molar-refractivity contribution in [2.75, 3.05) is 25.0 Å². The van der Waals surface area contributed by atoms with E-state index in [9.17, 15) is 13.2 Å². The second kappa shape index (κ2) is 8.82. The van der Waals surface area contributed by atoms with Gasteiger partial charge in [0.05, 0.1) is 11.5 Å². The highest BCUT2D eigenvalue weighted by atomic mass is 32.2. The summed E-state index contributed by atoms with van der Waals surface area (Å²) in [6, 6.07) is 13.0. The molecule has 0 saturated heterocycles. The number of rotatable bonds is 8. The van der Waals surface area contributed by atoms with Crippen LogP contribution in [-0.2, 0) is 10.0 Å². The predicted molar refractivity (Wildman–Crippen MR) is 102 cm³/mol. The zero-order chi connectivity index (χ0) is 19.2. The summed E-state index contributed by atoms with van der Waals surface area (Å²) in [6.45, 7) is 6.87. The molecule has 7 heteroatoms. The molecule has 0 aliphatic rings. The number of sulfonamides is 1. The van der Waals surface area contributed by atoms with E-state index >= 15 is 0 Å². The Balaban J connectivity index is 2.11. The number of nitrogens with one attached hydrogen (secondary N) is 1. The first-order valence-corrected chi connectivity index (χ1v) is 10.0. The minimum Gasteiger partial charge on any atom is -0.494 e. The molecule has 0 aliphatic heterocycles. The van der Waals surface area contributed by atoms with Crippen molar-refractivity contribution in [1.29, 1.82) is 0 Å². The van der Waals surface area contributed by atoms with E-state index in [1.165, 1.54) is 28.6 Å². The van der Waals surface area contributed by atoms with Gasteiger partial charge in [0.1, 0.15) is 5.75 Å². The van der Waals surface area contributed by atoms with Crippen LogP contribution in [0.15, 0.2) is 53.4 Å². The van der Waals surface area contributed by atoms with E-state index in [1.54, 1.807) is 38.1 Å². The van der Waals surface area contributed by atoms with Crippen LogP contribution < -0.4 is 10.1 Å². The molecular weight excluding hydrogens is 352 g/mol. The van der Waals surface area contributed by atoms with Crippen molar-refractivity contribution in [2.45, 2.75) is 25.7 Å². The summed E-state index contributed by atoms with van der Waals surface area (Å²) < 4.78 is 31.7. The largest absolute Gasteiger partial charge is 0.494 e. The molecule has 0 unspecified atom stereocenters. The monoisotopic (exact) mass is 376 g/mol. The first kappa shape index (κ1) is 19.9. The van der Waals surface area contributed by atoms with Gasteiger partial charge in [-0.25, -0.2) is 8.42 Å². The Labute approximate surface area is 154 Å². The van der Waals surface area contributed by atoms with Crippen molar-refractivity contribution in [3.8, 4) is 5.75 Å². The Bertz CT molecular complexity index is 827. The molecule has 140 valence electrons. The second-order valence-corrected chi connectivity index (χ2v) is 7.46. The molecule has 1 amide bonds. The van der Waals surface area contributed by atoms with Gasteiger partial charge < -0.3 is 10.1 Å². The summed E-state index contributed by atoms with van der Waals surface area (Å²) in [7, 11) is -3.53. The van der Waals surface area contributed by atoms with E-state index < -0.39 is 10.0 Å². The zero-order valence-electron chi connectivity index (χ0n) is 15.2. The number of amides is 1. The van der Waals surface area contributed by atoms with Gasteiger partial charge >= 0.3 is 0 Å². The highest BCUT2D eigenvalue weighted by molar-refractivity contribution is 7.89. The molecule has 0 heterocycles. The van der Waals surface area contributed by atoms with E-state index in [-0.39, 0.29) is 10.8 Å². The van der Waals surface area contributed by atoms with Crippen molar-refractivity contribution < 1.29 is 17.9 Å². The van der Waals surface area contributed by atoms with Gasteiger partial charge in [0.2, 0.25) is 10.0 Å². The quantitative estimate of drug-likeness (QED) is 0.766. The number of nitrogens with zero attached hydrogens (tertiary/aromatic N) is 1. The molecule has 0 bridgehead atoms. The van der Waals surface area contributed by atoms with Crippen LogP contribution >= 0.6 is 0 Å². The molecule has 0 saturated carbocycles. The number of carbonyl (C=O) groups excluding carboxylic acids is 1. The van der Waals surface area contributed by atoms with Gasteiger partial charge in [-0.1, -0.05) is 13.8 Å². The number of hydrogen-bond donors (Lipinski definition) is 1. The molecular formula is C19H24N2O4S. The fraction of sp³-hybridized carbons (Fsp3) is 0.316. The average molecular weight is 376 g/mol. The number of hydrogen-bond acceptors (Lipinski definition) is 4. The number of ether oxygens (including phenoxy) is 1. The lowest BCUT2D eigenvalue weighted by Crippen LogP contribution is -2.30. The van der Waals surface area contributed by atoms with Crippen LogP contribution in [0.2, 0.25) is 0 Å². The predicted octanol–water partition coefficient (Wildman–Crippen LogP) is 3.37. The lowest BCUT2D eigenvalue weighted by Gasteiger charge is -2.18. The average Bonchev–Trinajstić information content (AvgIpc) is 2.64. The normalized spacial score (nSPS) is 11.4. The van der Waals surface area contributed by atoms with Gasteiger partial charge in [0.15, 0.2) is 0 Å². The first-order valence-electron chi connectivity index (χ1n) is 8.56. The zero-order valence-corrected chi connectivity index (χ0v) is 16.0. The number of anilines is 1. The fourth-order valence-corrected chi connectivity index (χ4v) is 3.95. The Morgan fingerprint density at radius 2 is 1.54 bits per heavy atom. The molecule has 0 spiro atoms. The van der Waals surface area contributed by atoms with Crippen molar-refractivity contribution in [3.05, 3.63) is 54.1 Å². The maximum absolute atomic E-state index is 12.5. The van der Waals surface area contributed by atoms with Crippen molar-refractivity contribution in [2.24, 2.45) is 0 Å². The maximum atomic E-state index is 12.5. The van der Waals surface area contributed by atoms with Crippen LogP contribution in [0.5, 0.6) is 5.75 Å². The second-order valence-electron chi connectivity index (χ2n) is 5.53. The molecule has 2 aromatic rings. The van der Waals surface area contributed by atoms with E-state index in [1.807, 2.05) is 6.92 Å². The van der Waals surface area contributed by atoms with Gasteiger partial charge in [-0.3, -0.25) is 4.79 Å². The lowest BCUT2D eigenvalue weighted by atomic mass is 10.2. The summed E-state index contributed by atoms with van der Waals surface area (Å²) in [5.74, 6) is 0.428. The lowest BCUT2D eigenvalue weighted by molar-refractivity contribution is 0.102. The molecule has 0 aliphatic carbocycles.